The van der Waals surface area contributed by atoms with Crippen molar-refractivity contribution in [3.8, 4) is 0 Å². The lowest BCUT2D eigenvalue weighted by Crippen LogP contribution is -2.30. The summed E-state index contributed by atoms with van der Waals surface area (Å²) in [6, 6.07) is 9.49. The fourth-order valence-corrected chi connectivity index (χ4v) is 3.89. The van der Waals surface area contributed by atoms with Crippen molar-refractivity contribution < 1.29 is 9.72 Å². The van der Waals surface area contributed by atoms with Crippen molar-refractivity contribution in [1.82, 2.24) is 5.32 Å². The lowest BCUT2D eigenvalue weighted by atomic mass is 10.2. The fraction of sp³-hybridized carbons (Fsp3) is 0.421. The van der Waals surface area contributed by atoms with Crippen LogP contribution in [0.4, 0.5) is 16.4 Å². The minimum absolute atomic E-state index is 0.0364. The second-order valence-corrected chi connectivity index (χ2v) is 7.72. The number of nitrogens with zero attached hydrogens (tertiary/aromatic N) is 2. The van der Waals surface area contributed by atoms with E-state index in [1.165, 1.54) is 12.8 Å². The van der Waals surface area contributed by atoms with Crippen LogP contribution in [-0.2, 0) is 11.3 Å². The van der Waals surface area contributed by atoms with Gasteiger partial charge in [-0.15, -0.1) is 0 Å². The minimum atomic E-state index is -0.388. The van der Waals surface area contributed by atoms with Gasteiger partial charge in [0.2, 0.25) is 5.91 Å². The molecule has 1 atom stereocenters. The SMILES string of the molecule is CC(CC(=O)Nc1cccc(N2CCCC2)c1)NCc1csc([N+](=O)[O-])c1. The van der Waals surface area contributed by atoms with Gasteiger partial charge in [-0.05, 0) is 43.5 Å². The van der Waals surface area contributed by atoms with E-state index in [4.69, 9.17) is 0 Å². The molecule has 0 spiro atoms. The molecule has 7 nitrogen and oxygen atoms in total. The Kier molecular flexibility index (Phi) is 6.41. The number of hydrogen-bond acceptors (Lipinski definition) is 6. The molecule has 2 heterocycles. The summed E-state index contributed by atoms with van der Waals surface area (Å²) in [7, 11) is 0. The van der Waals surface area contributed by atoms with Gasteiger partial charge < -0.3 is 15.5 Å². The van der Waals surface area contributed by atoms with Crippen LogP contribution < -0.4 is 15.5 Å². The molecule has 1 aromatic heterocycles. The third-order valence-electron chi connectivity index (χ3n) is 4.57. The summed E-state index contributed by atoms with van der Waals surface area (Å²) < 4.78 is 0. The molecule has 27 heavy (non-hydrogen) atoms. The van der Waals surface area contributed by atoms with Crippen LogP contribution in [0.25, 0.3) is 0 Å². The fourth-order valence-electron chi connectivity index (χ4n) is 3.16. The first-order valence-electron chi connectivity index (χ1n) is 9.11. The molecule has 1 amide bonds. The molecule has 1 fully saturated rings. The Morgan fingerprint density at radius 3 is 2.81 bits per heavy atom. The van der Waals surface area contributed by atoms with Crippen LogP contribution >= 0.6 is 11.3 Å². The van der Waals surface area contributed by atoms with E-state index in [0.717, 1.165) is 41.4 Å². The third-order valence-corrected chi connectivity index (χ3v) is 5.50. The van der Waals surface area contributed by atoms with Crippen molar-refractivity contribution in [3.05, 3.63) is 51.4 Å². The van der Waals surface area contributed by atoms with E-state index >= 15 is 0 Å². The van der Waals surface area contributed by atoms with Gasteiger partial charge in [-0.2, -0.15) is 0 Å². The Morgan fingerprint density at radius 1 is 1.33 bits per heavy atom. The standard InChI is InChI=1S/C19H24N4O3S/c1-14(20-12-15-10-19(23(25)26)27-13-15)9-18(24)21-16-5-4-6-17(11-16)22-7-2-3-8-22/h4-6,10-11,13-14,20H,2-3,7-9,12H2,1H3,(H,21,24). The van der Waals surface area contributed by atoms with Crippen LogP contribution in [0.5, 0.6) is 0 Å². The summed E-state index contributed by atoms with van der Waals surface area (Å²) in [5, 5.41) is 18.8. The maximum Gasteiger partial charge on any atom is 0.324 e. The summed E-state index contributed by atoms with van der Waals surface area (Å²) in [4.78, 5) is 25.0. The Morgan fingerprint density at radius 2 is 2.11 bits per heavy atom. The molecular weight excluding hydrogens is 364 g/mol. The van der Waals surface area contributed by atoms with Gasteiger partial charge in [0.05, 0.1) is 4.92 Å². The zero-order valence-corrected chi connectivity index (χ0v) is 16.1. The molecule has 1 aliphatic heterocycles. The first kappa shape index (κ1) is 19.3. The quantitative estimate of drug-likeness (QED) is 0.531. The number of nitro groups is 1. The molecule has 1 aromatic carbocycles. The van der Waals surface area contributed by atoms with Crippen LogP contribution in [0, 0.1) is 10.1 Å². The predicted molar refractivity (Wildman–Crippen MR) is 108 cm³/mol. The monoisotopic (exact) mass is 388 g/mol. The number of nitrogens with one attached hydrogen (secondary N) is 2. The lowest BCUT2D eigenvalue weighted by molar-refractivity contribution is -0.380. The van der Waals surface area contributed by atoms with E-state index < -0.39 is 0 Å². The molecule has 8 heteroatoms. The summed E-state index contributed by atoms with van der Waals surface area (Å²) in [5.41, 5.74) is 2.82. The van der Waals surface area contributed by atoms with Crippen LogP contribution in [0.3, 0.4) is 0 Å². The molecule has 1 aliphatic rings. The molecule has 0 radical (unpaired) electrons. The van der Waals surface area contributed by atoms with E-state index in [1.807, 2.05) is 25.1 Å². The van der Waals surface area contributed by atoms with Crippen molar-refractivity contribution in [1.29, 1.82) is 0 Å². The Labute approximate surface area is 162 Å². The van der Waals surface area contributed by atoms with Crippen molar-refractivity contribution in [2.24, 2.45) is 0 Å². The molecular formula is C19H24N4O3S. The van der Waals surface area contributed by atoms with Crippen molar-refractivity contribution >= 4 is 33.6 Å². The maximum absolute atomic E-state index is 12.3. The highest BCUT2D eigenvalue weighted by Crippen LogP contribution is 2.24. The molecule has 2 aromatic rings. The van der Waals surface area contributed by atoms with Gasteiger partial charge in [0.25, 0.3) is 0 Å². The molecule has 0 saturated carbocycles. The van der Waals surface area contributed by atoms with E-state index in [1.54, 1.807) is 11.4 Å². The number of carbonyl (C=O) groups is 1. The number of rotatable bonds is 8. The normalized spacial score (nSPS) is 14.9. The highest BCUT2D eigenvalue weighted by atomic mass is 32.1. The third kappa shape index (κ3) is 5.51. The van der Waals surface area contributed by atoms with Gasteiger partial charge in [0.15, 0.2) is 0 Å². The second kappa shape index (κ2) is 8.96. The van der Waals surface area contributed by atoms with Crippen LogP contribution in [-0.4, -0.2) is 30.0 Å². The minimum Gasteiger partial charge on any atom is -0.371 e. The lowest BCUT2D eigenvalue weighted by Gasteiger charge is -2.19. The first-order chi connectivity index (χ1) is 13.0. The van der Waals surface area contributed by atoms with Crippen LogP contribution in [0.1, 0.15) is 31.7 Å². The molecule has 1 unspecified atom stereocenters. The van der Waals surface area contributed by atoms with Gasteiger partial charge >= 0.3 is 5.00 Å². The van der Waals surface area contributed by atoms with Crippen LogP contribution in [0.15, 0.2) is 35.7 Å². The van der Waals surface area contributed by atoms with Gasteiger partial charge in [0.1, 0.15) is 0 Å². The zero-order chi connectivity index (χ0) is 19.2. The molecule has 2 N–H and O–H groups in total. The summed E-state index contributed by atoms with van der Waals surface area (Å²) >= 11 is 1.11. The van der Waals surface area contributed by atoms with E-state index in [2.05, 4.69) is 21.6 Å². The van der Waals surface area contributed by atoms with Crippen LogP contribution in [0.2, 0.25) is 0 Å². The zero-order valence-electron chi connectivity index (χ0n) is 15.3. The number of thiophene rings is 1. The topological polar surface area (TPSA) is 87.5 Å². The molecule has 3 rings (SSSR count). The van der Waals surface area contributed by atoms with Gasteiger partial charge in [-0.25, -0.2) is 0 Å². The molecule has 1 saturated heterocycles. The molecule has 144 valence electrons. The van der Waals surface area contributed by atoms with E-state index in [9.17, 15) is 14.9 Å². The average Bonchev–Trinajstić information content (AvgIpc) is 3.32. The first-order valence-corrected chi connectivity index (χ1v) is 9.99. The highest BCUT2D eigenvalue weighted by Gasteiger charge is 2.14. The van der Waals surface area contributed by atoms with Crippen molar-refractivity contribution in [2.45, 2.75) is 38.8 Å². The van der Waals surface area contributed by atoms with Gasteiger partial charge in [0, 0.05) is 54.9 Å². The number of hydrogen-bond donors (Lipinski definition) is 2. The smallest absolute Gasteiger partial charge is 0.324 e. The van der Waals surface area contributed by atoms with Gasteiger partial charge in [-0.1, -0.05) is 17.4 Å². The Hall–Kier alpha value is -2.45. The summed E-state index contributed by atoms with van der Waals surface area (Å²) in [5.74, 6) is -0.0510. The second-order valence-electron chi connectivity index (χ2n) is 6.83. The molecule has 0 bridgehead atoms. The predicted octanol–water partition coefficient (Wildman–Crippen LogP) is 3.76. The Bertz CT molecular complexity index is 802. The summed E-state index contributed by atoms with van der Waals surface area (Å²) in [6.45, 7) is 4.57. The summed E-state index contributed by atoms with van der Waals surface area (Å²) in [6.07, 6.45) is 2.76. The average molecular weight is 388 g/mol. The maximum atomic E-state index is 12.3. The number of benzene rings is 1. The number of anilines is 2. The van der Waals surface area contributed by atoms with Crippen molar-refractivity contribution in [3.63, 3.8) is 0 Å². The van der Waals surface area contributed by atoms with Crippen molar-refractivity contribution in [2.75, 3.05) is 23.3 Å². The number of amides is 1. The van der Waals surface area contributed by atoms with E-state index in [-0.39, 0.29) is 21.9 Å². The number of carbonyl (C=O) groups excluding carboxylic acids is 1. The van der Waals surface area contributed by atoms with Gasteiger partial charge in [-0.3, -0.25) is 14.9 Å². The Balaban J connectivity index is 1.46. The molecule has 0 aliphatic carbocycles. The van der Waals surface area contributed by atoms with E-state index in [0.29, 0.717) is 13.0 Å². The largest absolute Gasteiger partial charge is 0.371 e. The highest BCUT2D eigenvalue weighted by molar-refractivity contribution is 7.13.